The lowest BCUT2D eigenvalue weighted by Gasteiger charge is -2.12. The number of hydrogen-bond donors (Lipinski definition) is 2. The molecule has 0 radical (unpaired) electrons. The molecule has 0 spiro atoms. The molecule has 0 fully saturated rings. The summed E-state index contributed by atoms with van der Waals surface area (Å²) in [5, 5.41) is 8.84. The van der Waals surface area contributed by atoms with Crippen molar-refractivity contribution in [2.24, 2.45) is 5.92 Å². The Bertz CT molecular complexity index is 588. The Morgan fingerprint density at radius 2 is 2.15 bits per heavy atom. The molecular formula is C12H16FNO5S. The van der Waals surface area contributed by atoms with Gasteiger partial charge in [0.15, 0.2) is 11.6 Å². The number of sulfonamides is 1. The maximum Gasteiger partial charge on any atom is 0.307 e. The van der Waals surface area contributed by atoms with Gasteiger partial charge in [-0.25, -0.2) is 17.5 Å². The molecule has 0 aliphatic rings. The summed E-state index contributed by atoms with van der Waals surface area (Å²) in [4.78, 5) is 10.5. The zero-order valence-electron chi connectivity index (χ0n) is 11.1. The molecule has 0 aromatic heterocycles. The van der Waals surface area contributed by atoms with Gasteiger partial charge in [0, 0.05) is 6.54 Å². The van der Waals surface area contributed by atoms with E-state index >= 15 is 0 Å². The molecular weight excluding hydrogens is 289 g/mol. The van der Waals surface area contributed by atoms with Gasteiger partial charge in [-0.3, -0.25) is 4.79 Å². The average molecular weight is 305 g/mol. The number of ether oxygens (including phenoxy) is 1. The van der Waals surface area contributed by atoms with E-state index in [1.54, 1.807) is 6.92 Å². The molecule has 0 heterocycles. The molecule has 0 saturated carbocycles. The number of rotatable bonds is 7. The van der Waals surface area contributed by atoms with Crippen molar-refractivity contribution in [3.8, 4) is 5.75 Å². The van der Waals surface area contributed by atoms with Gasteiger partial charge < -0.3 is 9.84 Å². The first-order chi connectivity index (χ1) is 9.31. The summed E-state index contributed by atoms with van der Waals surface area (Å²) in [6.07, 6.45) is 0.287. The number of aliphatic carboxylic acids is 1. The van der Waals surface area contributed by atoms with Crippen molar-refractivity contribution in [3.05, 3.63) is 24.0 Å². The molecule has 8 heteroatoms. The van der Waals surface area contributed by atoms with Crippen molar-refractivity contribution >= 4 is 16.0 Å². The van der Waals surface area contributed by atoms with Crippen LogP contribution < -0.4 is 9.46 Å². The van der Waals surface area contributed by atoms with Gasteiger partial charge in [-0.2, -0.15) is 0 Å². The topological polar surface area (TPSA) is 92.7 Å². The summed E-state index contributed by atoms with van der Waals surface area (Å²) in [5.74, 6) is -2.79. The van der Waals surface area contributed by atoms with Gasteiger partial charge in [-0.05, 0) is 24.6 Å². The second-order valence-corrected chi connectivity index (χ2v) is 5.86. The number of methoxy groups -OCH3 is 1. The average Bonchev–Trinajstić information content (AvgIpc) is 2.38. The van der Waals surface area contributed by atoms with Crippen LogP contribution in [-0.2, 0) is 14.8 Å². The number of benzene rings is 1. The smallest absolute Gasteiger partial charge is 0.307 e. The number of nitrogens with one attached hydrogen (secondary N) is 1. The SMILES string of the molecule is CCC(CNS(=O)(=O)c1ccc(OC)c(F)c1)C(=O)O. The Balaban J connectivity index is 2.89. The number of halogens is 1. The third kappa shape index (κ3) is 3.91. The van der Waals surface area contributed by atoms with Crippen LogP contribution in [0.3, 0.4) is 0 Å². The summed E-state index contributed by atoms with van der Waals surface area (Å²) >= 11 is 0. The second kappa shape index (κ2) is 6.67. The summed E-state index contributed by atoms with van der Waals surface area (Å²) < 4.78 is 44.1. The van der Waals surface area contributed by atoms with Crippen molar-refractivity contribution < 1.29 is 27.4 Å². The minimum atomic E-state index is -3.96. The van der Waals surface area contributed by atoms with Crippen LogP contribution in [0.2, 0.25) is 0 Å². The lowest BCUT2D eigenvalue weighted by molar-refractivity contribution is -0.141. The van der Waals surface area contributed by atoms with E-state index in [9.17, 15) is 17.6 Å². The van der Waals surface area contributed by atoms with E-state index in [0.29, 0.717) is 0 Å². The molecule has 6 nitrogen and oxygen atoms in total. The first kappa shape index (κ1) is 16.4. The van der Waals surface area contributed by atoms with Crippen LogP contribution in [0.15, 0.2) is 23.1 Å². The standard InChI is InChI=1S/C12H16FNO5S/c1-3-8(12(15)16)7-14-20(17,18)9-4-5-11(19-2)10(13)6-9/h4-6,8,14H,3,7H2,1-2H3,(H,15,16). The number of carboxylic acids is 1. The molecule has 1 aromatic carbocycles. The van der Waals surface area contributed by atoms with Crippen LogP contribution in [0.25, 0.3) is 0 Å². The summed E-state index contributed by atoms with van der Waals surface area (Å²) in [6, 6.07) is 3.20. The summed E-state index contributed by atoms with van der Waals surface area (Å²) in [6.45, 7) is 1.39. The fraction of sp³-hybridized carbons (Fsp3) is 0.417. The summed E-state index contributed by atoms with van der Waals surface area (Å²) in [7, 11) is -2.69. The molecule has 1 atom stereocenters. The molecule has 0 saturated heterocycles. The molecule has 0 amide bonds. The van der Waals surface area contributed by atoms with Crippen LogP contribution in [0, 0.1) is 11.7 Å². The first-order valence-electron chi connectivity index (χ1n) is 5.87. The molecule has 0 aliphatic heterocycles. The molecule has 1 unspecified atom stereocenters. The Morgan fingerprint density at radius 1 is 1.50 bits per heavy atom. The van der Waals surface area contributed by atoms with Crippen LogP contribution >= 0.6 is 0 Å². The van der Waals surface area contributed by atoms with Crippen molar-refractivity contribution in [3.63, 3.8) is 0 Å². The molecule has 2 N–H and O–H groups in total. The van der Waals surface area contributed by atoms with Gasteiger partial charge in [-0.15, -0.1) is 0 Å². The number of hydrogen-bond acceptors (Lipinski definition) is 4. The highest BCUT2D eigenvalue weighted by atomic mass is 32.2. The zero-order valence-corrected chi connectivity index (χ0v) is 11.9. The van der Waals surface area contributed by atoms with Crippen LogP contribution in [-0.4, -0.2) is 33.1 Å². The van der Waals surface area contributed by atoms with Gasteiger partial charge in [0.25, 0.3) is 0 Å². The lowest BCUT2D eigenvalue weighted by atomic mass is 10.1. The molecule has 0 bridgehead atoms. The third-order valence-corrected chi connectivity index (χ3v) is 4.22. The molecule has 20 heavy (non-hydrogen) atoms. The third-order valence-electron chi connectivity index (χ3n) is 2.80. The van der Waals surface area contributed by atoms with E-state index in [1.165, 1.54) is 19.2 Å². The summed E-state index contributed by atoms with van der Waals surface area (Å²) in [5.41, 5.74) is 0. The number of carbonyl (C=O) groups is 1. The van der Waals surface area contributed by atoms with Gasteiger partial charge in [-0.1, -0.05) is 6.92 Å². The van der Waals surface area contributed by atoms with E-state index in [-0.39, 0.29) is 23.6 Å². The molecule has 0 aliphatic carbocycles. The van der Waals surface area contributed by atoms with Crippen LogP contribution in [0.5, 0.6) is 5.75 Å². The largest absolute Gasteiger partial charge is 0.494 e. The quantitative estimate of drug-likeness (QED) is 0.790. The van der Waals surface area contributed by atoms with Crippen molar-refractivity contribution in [2.45, 2.75) is 18.2 Å². The van der Waals surface area contributed by atoms with Gasteiger partial charge in [0.05, 0.1) is 17.9 Å². The maximum atomic E-state index is 13.5. The van der Waals surface area contributed by atoms with Crippen molar-refractivity contribution in [1.82, 2.24) is 4.72 Å². The fourth-order valence-corrected chi connectivity index (χ4v) is 2.61. The Morgan fingerprint density at radius 3 is 2.60 bits per heavy atom. The Kier molecular flexibility index (Phi) is 5.46. The molecule has 1 aromatic rings. The highest BCUT2D eigenvalue weighted by Gasteiger charge is 2.21. The fourth-order valence-electron chi connectivity index (χ4n) is 1.51. The predicted octanol–water partition coefficient (Wildman–Crippen LogP) is 1.22. The van der Waals surface area contributed by atoms with Gasteiger partial charge in [0.2, 0.25) is 10.0 Å². The zero-order chi connectivity index (χ0) is 15.3. The Hall–Kier alpha value is -1.67. The van der Waals surface area contributed by atoms with E-state index in [4.69, 9.17) is 9.84 Å². The van der Waals surface area contributed by atoms with Crippen LogP contribution in [0.1, 0.15) is 13.3 Å². The normalized spacial score (nSPS) is 12.9. The van der Waals surface area contributed by atoms with E-state index in [1.807, 2.05) is 0 Å². The second-order valence-electron chi connectivity index (χ2n) is 4.09. The van der Waals surface area contributed by atoms with Crippen molar-refractivity contribution in [2.75, 3.05) is 13.7 Å². The highest BCUT2D eigenvalue weighted by Crippen LogP contribution is 2.20. The van der Waals surface area contributed by atoms with Crippen molar-refractivity contribution in [1.29, 1.82) is 0 Å². The maximum absolute atomic E-state index is 13.5. The lowest BCUT2D eigenvalue weighted by Crippen LogP contribution is -2.32. The molecule has 1 rings (SSSR count). The predicted molar refractivity (Wildman–Crippen MR) is 69.6 cm³/mol. The van der Waals surface area contributed by atoms with E-state index in [2.05, 4.69) is 4.72 Å². The van der Waals surface area contributed by atoms with Crippen LogP contribution in [0.4, 0.5) is 4.39 Å². The highest BCUT2D eigenvalue weighted by molar-refractivity contribution is 7.89. The first-order valence-corrected chi connectivity index (χ1v) is 7.36. The molecule has 112 valence electrons. The van der Waals surface area contributed by atoms with Gasteiger partial charge >= 0.3 is 5.97 Å². The minimum absolute atomic E-state index is 0.0686. The van der Waals surface area contributed by atoms with E-state index < -0.39 is 27.7 Å². The minimum Gasteiger partial charge on any atom is -0.494 e. The number of carboxylic acid groups (broad SMARTS) is 1. The van der Waals surface area contributed by atoms with E-state index in [0.717, 1.165) is 6.07 Å². The van der Waals surface area contributed by atoms with Gasteiger partial charge in [0.1, 0.15) is 0 Å². The Labute approximate surface area is 116 Å². The monoisotopic (exact) mass is 305 g/mol.